The third-order valence-corrected chi connectivity index (χ3v) is 2.97. The maximum atomic E-state index is 13.1. The number of aliphatic hydroxyl groups is 4. The van der Waals surface area contributed by atoms with Gasteiger partial charge < -0.3 is 25.2 Å². The standard InChI is InChI=1S/C12H15F9O5/c13-9(14,10(15,16)11(17,18)12(19,20)21)2-1-3-26-5-7(24)8(25)6(23)4-22/h1-2,6-8,22-25H,3-5H2/b2-1+/t6-,7+,8+/m0/s1. The van der Waals surface area contributed by atoms with E-state index in [0.29, 0.717) is 0 Å². The van der Waals surface area contributed by atoms with Crippen molar-refractivity contribution in [3.63, 3.8) is 0 Å². The summed E-state index contributed by atoms with van der Waals surface area (Å²) in [7, 11) is 0. The SMILES string of the molecule is OC[C@H](O)[C@@H](O)[C@H](O)COC/C=C/C(F)(F)C(F)(F)C(F)(F)C(F)(F)F. The topological polar surface area (TPSA) is 90.2 Å². The third-order valence-electron chi connectivity index (χ3n) is 2.97. The average molecular weight is 410 g/mol. The molecule has 14 heteroatoms. The first-order valence-corrected chi connectivity index (χ1v) is 6.63. The van der Waals surface area contributed by atoms with Crippen molar-refractivity contribution in [1.82, 2.24) is 0 Å². The highest BCUT2D eigenvalue weighted by Gasteiger charge is 2.81. The lowest BCUT2D eigenvalue weighted by molar-refractivity contribution is -0.388. The minimum absolute atomic E-state index is 0.00192. The molecule has 0 amide bonds. The zero-order chi connectivity index (χ0) is 21.0. The second-order valence-corrected chi connectivity index (χ2v) is 5.02. The number of aliphatic hydroxyl groups excluding tert-OH is 4. The van der Waals surface area contributed by atoms with E-state index >= 15 is 0 Å². The van der Waals surface area contributed by atoms with Crippen LogP contribution in [0.1, 0.15) is 0 Å². The summed E-state index contributed by atoms with van der Waals surface area (Å²) in [6.45, 7) is -2.86. The Bertz CT molecular complexity index is 466. The second kappa shape index (κ2) is 8.73. The Morgan fingerprint density at radius 2 is 1.31 bits per heavy atom. The molecule has 0 radical (unpaired) electrons. The lowest BCUT2D eigenvalue weighted by Crippen LogP contribution is -2.60. The Hall–Kier alpha value is -1.09. The fourth-order valence-corrected chi connectivity index (χ4v) is 1.41. The Balaban J connectivity index is 4.82. The van der Waals surface area contributed by atoms with Crippen LogP contribution in [-0.2, 0) is 4.74 Å². The van der Waals surface area contributed by atoms with E-state index in [-0.39, 0.29) is 6.08 Å². The van der Waals surface area contributed by atoms with Crippen molar-refractivity contribution in [2.75, 3.05) is 19.8 Å². The minimum Gasteiger partial charge on any atom is -0.394 e. The maximum absolute atomic E-state index is 13.1. The van der Waals surface area contributed by atoms with E-state index in [1.54, 1.807) is 0 Å². The van der Waals surface area contributed by atoms with Gasteiger partial charge in [0.15, 0.2) is 0 Å². The van der Waals surface area contributed by atoms with Crippen LogP contribution < -0.4 is 0 Å². The van der Waals surface area contributed by atoms with Gasteiger partial charge in [-0.25, -0.2) is 0 Å². The van der Waals surface area contributed by atoms with Gasteiger partial charge in [-0.3, -0.25) is 0 Å². The van der Waals surface area contributed by atoms with Crippen LogP contribution in [0.25, 0.3) is 0 Å². The number of rotatable bonds is 10. The Labute approximate surface area is 140 Å². The van der Waals surface area contributed by atoms with Crippen LogP contribution in [0.2, 0.25) is 0 Å². The van der Waals surface area contributed by atoms with Gasteiger partial charge >= 0.3 is 23.9 Å². The smallest absolute Gasteiger partial charge is 0.394 e. The van der Waals surface area contributed by atoms with E-state index in [1.165, 1.54) is 0 Å². The molecule has 0 aromatic rings. The first kappa shape index (κ1) is 24.9. The summed E-state index contributed by atoms with van der Waals surface area (Å²) >= 11 is 0. The molecule has 0 saturated carbocycles. The predicted molar refractivity (Wildman–Crippen MR) is 66.0 cm³/mol. The van der Waals surface area contributed by atoms with E-state index in [0.717, 1.165) is 0 Å². The van der Waals surface area contributed by atoms with Crippen LogP contribution in [0.4, 0.5) is 39.5 Å². The molecule has 0 aliphatic carbocycles. The van der Waals surface area contributed by atoms with Crippen molar-refractivity contribution < 1.29 is 64.7 Å². The molecule has 3 atom stereocenters. The molecule has 0 saturated heterocycles. The van der Waals surface area contributed by atoms with Crippen molar-refractivity contribution in [1.29, 1.82) is 0 Å². The molecule has 0 aliphatic rings. The van der Waals surface area contributed by atoms with Gasteiger partial charge in [0.1, 0.15) is 18.3 Å². The van der Waals surface area contributed by atoms with E-state index in [2.05, 4.69) is 4.74 Å². The molecule has 0 unspecified atom stereocenters. The molecule has 0 heterocycles. The lowest BCUT2D eigenvalue weighted by Gasteiger charge is -2.32. The predicted octanol–water partition coefficient (Wildman–Crippen LogP) is 1.10. The molecule has 156 valence electrons. The first-order valence-electron chi connectivity index (χ1n) is 6.63. The fraction of sp³-hybridized carbons (Fsp3) is 0.833. The highest BCUT2D eigenvalue weighted by Crippen LogP contribution is 2.53. The summed E-state index contributed by atoms with van der Waals surface area (Å²) in [4.78, 5) is 0. The highest BCUT2D eigenvalue weighted by molar-refractivity contribution is 5.10. The number of alkyl halides is 9. The summed E-state index contributed by atoms with van der Waals surface area (Å²) in [6.07, 6.45) is -13.4. The fourth-order valence-electron chi connectivity index (χ4n) is 1.41. The molecular weight excluding hydrogens is 395 g/mol. The molecule has 26 heavy (non-hydrogen) atoms. The summed E-state index contributed by atoms with van der Waals surface area (Å²) in [5, 5.41) is 35.9. The van der Waals surface area contributed by atoms with Crippen molar-refractivity contribution in [2.24, 2.45) is 0 Å². The maximum Gasteiger partial charge on any atom is 0.460 e. The van der Waals surface area contributed by atoms with Crippen LogP contribution >= 0.6 is 0 Å². The van der Waals surface area contributed by atoms with Crippen LogP contribution in [-0.4, -0.2) is 82.5 Å². The number of hydrogen-bond acceptors (Lipinski definition) is 5. The third kappa shape index (κ3) is 5.45. The minimum atomic E-state index is -7.00. The Kier molecular flexibility index (Phi) is 8.37. The van der Waals surface area contributed by atoms with Crippen molar-refractivity contribution >= 4 is 0 Å². The normalized spacial score (nSPS) is 18.2. The number of ether oxygens (including phenoxy) is 1. The van der Waals surface area contributed by atoms with Gasteiger partial charge in [-0.05, 0) is 6.08 Å². The summed E-state index contributed by atoms with van der Waals surface area (Å²) in [6, 6.07) is 0. The monoisotopic (exact) mass is 410 g/mol. The van der Waals surface area contributed by atoms with Gasteiger partial charge in [-0.15, -0.1) is 0 Å². The van der Waals surface area contributed by atoms with E-state index in [1.807, 2.05) is 0 Å². The molecular formula is C12H15F9O5. The van der Waals surface area contributed by atoms with E-state index in [4.69, 9.17) is 10.2 Å². The molecule has 0 spiro atoms. The van der Waals surface area contributed by atoms with Crippen LogP contribution in [0.5, 0.6) is 0 Å². The van der Waals surface area contributed by atoms with Gasteiger partial charge in [0.25, 0.3) is 0 Å². The summed E-state index contributed by atoms with van der Waals surface area (Å²) < 4.78 is 117. The average Bonchev–Trinajstić information content (AvgIpc) is 2.51. The van der Waals surface area contributed by atoms with Crippen molar-refractivity contribution in [3.05, 3.63) is 12.2 Å². The van der Waals surface area contributed by atoms with Gasteiger partial charge in [-0.1, -0.05) is 6.08 Å². The molecule has 0 aliphatic heterocycles. The van der Waals surface area contributed by atoms with Crippen LogP contribution in [0, 0.1) is 0 Å². The summed E-state index contributed by atoms with van der Waals surface area (Å²) in [5.74, 6) is -19.7. The molecule has 4 N–H and O–H groups in total. The summed E-state index contributed by atoms with van der Waals surface area (Å²) in [5.41, 5.74) is 0. The zero-order valence-corrected chi connectivity index (χ0v) is 12.6. The van der Waals surface area contributed by atoms with Crippen molar-refractivity contribution in [3.8, 4) is 0 Å². The van der Waals surface area contributed by atoms with Gasteiger partial charge in [0.05, 0.1) is 19.8 Å². The van der Waals surface area contributed by atoms with Gasteiger partial charge in [0, 0.05) is 0 Å². The molecule has 0 fully saturated rings. The lowest BCUT2D eigenvalue weighted by atomic mass is 10.0. The number of hydrogen-bond donors (Lipinski definition) is 4. The zero-order valence-electron chi connectivity index (χ0n) is 12.6. The molecule has 5 nitrogen and oxygen atoms in total. The Morgan fingerprint density at radius 3 is 1.73 bits per heavy atom. The molecule has 0 aromatic heterocycles. The molecule has 0 aromatic carbocycles. The van der Waals surface area contributed by atoms with Crippen LogP contribution in [0.3, 0.4) is 0 Å². The van der Waals surface area contributed by atoms with Crippen LogP contribution in [0.15, 0.2) is 12.2 Å². The first-order chi connectivity index (χ1) is 11.5. The van der Waals surface area contributed by atoms with E-state index in [9.17, 15) is 49.7 Å². The second-order valence-electron chi connectivity index (χ2n) is 5.02. The quantitative estimate of drug-likeness (QED) is 0.246. The van der Waals surface area contributed by atoms with Gasteiger partial charge in [0.2, 0.25) is 0 Å². The Morgan fingerprint density at radius 1 is 0.808 bits per heavy atom. The highest BCUT2D eigenvalue weighted by atomic mass is 19.4. The van der Waals surface area contributed by atoms with Gasteiger partial charge in [-0.2, -0.15) is 39.5 Å². The van der Waals surface area contributed by atoms with Crippen molar-refractivity contribution in [2.45, 2.75) is 42.3 Å². The number of allylic oxidation sites excluding steroid dienone is 1. The largest absolute Gasteiger partial charge is 0.460 e. The van der Waals surface area contributed by atoms with E-state index < -0.39 is 68.2 Å². The number of halogens is 9. The molecule has 0 bridgehead atoms. The molecule has 0 rings (SSSR count).